The second-order valence-corrected chi connectivity index (χ2v) is 3.48. The van der Waals surface area contributed by atoms with E-state index < -0.39 is 0 Å². The van der Waals surface area contributed by atoms with Crippen LogP contribution in [-0.4, -0.2) is 25.3 Å². The predicted molar refractivity (Wildman–Crippen MR) is 58.9 cm³/mol. The summed E-state index contributed by atoms with van der Waals surface area (Å²) in [7, 11) is 3.81. The third kappa shape index (κ3) is 2.46. The Labute approximate surface area is 84.9 Å². The van der Waals surface area contributed by atoms with Gasteiger partial charge < -0.3 is 4.90 Å². The zero-order valence-electron chi connectivity index (χ0n) is 8.82. The maximum Gasteiger partial charge on any atom is 0.152 e. The number of carbonyl (C=O) groups is 1. The van der Waals surface area contributed by atoms with Gasteiger partial charge in [-0.2, -0.15) is 0 Å². The van der Waals surface area contributed by atoms with E-state index in [0.29, 0.717) is 5.57 Å². The Hall–Kier alpha value is -1.57. The standard InChI is InChI=1S/C12H15NO/c1-10-6-4-5-7-12(10)11(9-14)8-13(2)3/h4-9H,1-3H3/b11-8+. The second kappa shape index (κ2) is 4.61. The van der Waals surface area contributed by atoms with Crippen molar-refractivity contribution in [2.45, 2.75) is 6.92 Å². The molecule has 0 aliphatic heterocycles. The highest BCUT2D eigenvalue weighted by Gasteiger charge is 2.02. The topological polar surface area (TPSA) is 20.3 Å². The SMILES string of the molecule is Cc1ccccc1/C(C=O)=C/N(C)C. The smallest absolute Gasteiger partial charge is 0.152 e. The fourth-order valence-corrected chi connectivity index (χ4v) is 1.34. The second-order valence-electron chi connectivity index (χ2n) is 3.48. The third-order valence-corrected chi connectivity index (χ3v) is 1.98. The van der Waals surface area contributed by atoms with Gasteiger partial charge in [0.15, 0.2) is 6.29 Å². The van der Waals surface area contributed by atoms with E-state index >= 15 is 0 Å². The van der Waals surface area contributed by atoms with Crippen molar-refractivity contribution in [2.75, 3.05) is 14.1 Å². The first-order chi connectivity index (χ1) is 6.65. The largest absolute Gasteiger partial charge is 0.383 e. The first kappa shape index (κ1) is 10.5. The van der Waals surface area contributed by atoms with Crippen molar-refractivity contribution in [1.29, 1.82) is 0 Å². The average Bonchev–Trinajstić information content (AvgIpc) is 2.15. The summed E-state index contributed by atoms with van der Waals surface area (Å²) in [5.41, 5.74) is 2.83. The minimum atomic E-state index is 0.716. The van der Waals surface area contributed by atoms with Gasteiger partial charge in [0.25, 0.3) is 0 Å². The summed E-state index contributed by atoms with van der Waals surface area (Å²) in [4.78, 5) is 12.8. The van der Waals surface area contributed by atoms with Gasteiger partial charge in [-0.3, -0.25) is 4.79 Å². The molecule has 1 aromatic rings. The average molecular weight is 189 g/mol. The van der Waals surface area contributed by atoms with E-state index in [1.165, 1.54) is 0 Å². The summed E-state index contributed by atoms with van der Waals surface area (Å²) in [6.45, 7) is 2.00. The van der Waals surface area contributed by atoms with Gasteiger partial charge in [0, 0.05) is 25.9 Å². The Bertz CT molecular complexity index is 353. The van der Waals surface area contributed by atoms with Gasteiger partial charge in [0.1, 0.15) is 0 Å². The van der Waals surface area contributed by atoms with Crippen molar-refractivity contribution < 1.29 is 4.79 Å². The van der Waals surface area contributed by atoms with E-state index in [1.807, 2.05) is 56.4 Å². The summed E-state index contributed by atoms with van der Waals surface area (Å²) in [5.74, 6) is 0. The molecule has 0 saturated heterocycles. The number of benzene rings is 1. The molecule has 0 bridgehead atoms. The lowest BCUT2D eigenvalue weighted by molar-refractivity contribution is -0.103. The van der Waals surface area contributed by atoms with Gasteiger partial charge in [-0.25, -0.2) is 0 Å². The molecular weight excluding hydrogens is 174 g/mol. The Morgan fingerprint density at radius 3 is 2.43 bits per heavy atom. The van der Waals surface area contributed by atoms with Crippen LogP contribution in [0.4, 0.5) is 0 Å². The molecule has 0 N–H and O–H groups in total. The minimum Gasteiger partial charge on any atom is -0.383 e. The number of nitrogens with zero attached hydrogens (tertiary/aromatic N) is 1. The van der Waals surface area contributed by atoms with E-state index in [4.69, 9.17) is 0 Å². The van der Waals surface area contributed by atoms with Crippen LogP contribution in [0.1, 0.15) is 11.1 Å². The molecule has 0 aliphatic rings. The Morgan fingerprint density at radius 2 is 1.93 bits per heavy atom. The van der Waals surface area contributed by atoms with Crippen molar-refractivity contribution in [3.05, 3.63) is 41.6 Å². The van der Waals surface area contributed by atoms with Gasteiger partial charge in [0.05, 0.1) is 0 Å². The number of hydrogen-bond donors (Lipinski definition) is 0. The maximum atomic E-state index is 10.9. The number of allylic oxidation sites excluding steroid dienone is 1. The molecule has 0 aliphatic carbocycles. The minimum absolute atomic E-state index is 0.716. The lowest BCUT2D eigenvalue weighted by atomic mass is 10.0. The lowest BCUT2D eigenvalue weighted by Gasteiger charge is -2.09. The van der Waals surface area contributed by atoms with Crippen LogP contribution < -0.4 is 0 Å². The van der Waals surface area contributed by atoms with Gasteiger partial charge in [-0.15, -0.1) is 0 Å². The highest BCUT2D eigenvalue weighted by Crippen LogP contribution is 2.16. The molecule has 1 rings (SSSR count). The Morgan fingerprint density at radius 1 is 1.29 bits per heavy atom. The quantitative estimate of drug-likeness (QED) is 0.536. The fourth-order valence-electron chi connectivity index (χ4n) is 1.34. The lowest BCUT2D eigenvalue weighted by Crippen LogP contribution is -2.03. The molecule has 0 fully saturated rings. The van der Waals surface area contributed by atoms with Crippen LogP contribution in [0.3, 0.4) is 0 Å². The molecule has 0 radical (unpaired) electrons. The van der Waals surface area contributed by atoms with Gasteiger partial charge in [-0.05, 0) is 18.1 Å². The van der Waals surface area contributed by atoms with Crippen molar-refractivity contribution >= 4 is 11.9 Å². The normalized spacial score (nSPS) is 11.2. The number of carbonyl (C=O) groups excluding carboxylic acids is 1. The zero-order valence-corrected chi connectivity index (χ0v) is 8.82. The van der Waals surface area contributed by atoms with Crippen molar-refractivity contribution in [2.24, 2.45) is 0 Å². The molecule has 0 spiro atoms. The summed E-state index contributed by atoms with van der Waals surface area (Å²) in [6.07, 6.45) is 2.72. The summed E-state index contributed by atoms with van der Waals surface area (Å²) >= 11 is 0. The number of aryl methyl sites for hydroxylation is 1. The Kier molecular flexibility index (Phi) is 3.46. The molecule has 2 heteroatoms. The van der Waals surface area contributed by atoms with Gasteiger partial charge in [-0.1, -0.05) is 24.3 Å². The molecule has 0 heterocycles. The molecular formula is C12H15NO. The predicted octanol–water partition coefficient (Wildman–Crippen LogP) is 2.10. The molecule has 0 saturated carbocycles. The molecule has 14 heavy (non-hydrogen) atoms. The summed E-state index contributed by atoms with van der Waals surface area (Å²) in [5, 5.41) is 0. The van der Waals surface area contributed by atoms with E-state index in [9.17, 15) is 4.79 Å². The van der Waals surface area contributed by atoms with Gasteiger partial charge >= 0.3 is 0 Å². The molecule has 2 nitrogen and oxygen atoms in total. The molecule has 74 valence electrons. The van der Waals surface area contributed by atoms with Crippen LogP contribution in [0, 0.1) is 6.92 Å². The zero-order chi connectivity index (χ0) is 10.6. The van der Waals surface area contributed by atoms with Gasteiger partial charge in [0.2, 0.25) is 0 Å². The molecule has 0 aromatic heterocycles. The first-order valence-corrected chi connectivity index (χ1v) is 4.54. The van der Waals surface area contributed by atoms with E-state index in [0.717, 1.165) is 17.4 Å². The number of rotatable bonds is 3. The number of hydrogen-bond acceptors (Lipinski definition) is 2. The first-order valence-electron chi connectivity index (χ1n) is 4.54. The van der Waals surface area contributed by atoms with Crippen LogP contribution in [0.25, 0.3) is 5.57 Å². The molecule has 1 aromatic carbocycles. The van der Waals surface area contributed by atoms with Crippen LogP contribution in [0.15, 0.2) is 30.5 Å². The van der Waals surface area contributed by atoms with Crippen LogP contribution >= 0.6 is 0 Å². The summed E-state index contributed by atoms with van der Waals surface area (Å²) in [6, 6.07) is 7.87. The van der Waals surface area contributed by atoms with Crippen molar-refractivity contribution in [3.63, 3.8) is 0 Å². The van der Waals surface area contributed by atoms with E-state index in [-0.39, 0.29) is 0 Å². The van der Waals surface area contributed by atoms with Crippen molar-refractivity contribution in [3.8, 4) is 0 Å². The highest BCUT2D eigenvalue weighted by atomic mass is 16.1. The Balaban J connectivity index is 3.13. The number of aldehydes is 1. The fraction of sp³-hybridized carbons (Fsp3) is 0.250. The molecule has 0 unspecified atom stereocenters. The summed E-state index contributed by atoms with van der Waals surface area (Å²) < 4.78 is 0. The van der Waals surface area contributed by atoms with Crippen LogP contribution in [-0.2, 0) is 4.79 Å². The van der Waals surface area contributed by atoms with E-state index in [1.54, 1.807) is 0 Å². The molecule has 0 atom stereocenters. The van der Waals surface area contributed by atoms with Crippen molar-refractivity contribution in [1.82, 2.24) is 4.90 Å². The highest BCUT2D eigenvalue weighted by molar-refractivity contribution is 6.07. The van der Waals surface area contributed by atoms with Crippen LogP contribution in [0.5, 0.6) is 0 Å². The van der Waals surface area contributed by atoms with Crippen LogP contribution in [0.2, 0.25) is 0 Å². The monoisotopic (exact) mass is 189 g/mol. The molecule has 0 amide bonds. The van der Waals surface area contributed by atoms with E-state index in [2.05, 4.69) is 0 Å². The maximum absolute atomic E-state index is 10.9. The third-order valence-electron chi connectivity index (χ3n) is 1.98.